The van der Waals surface area contributed by atoms with Crippen molar-refractivity contribution in [3.8, 4) is 5.75 Å². The molecule has 21 heavy (non-hydrogen) atoms. The smallest absolute Gasteiger partial charge is 0.257 e. The fourth-order valence-corrected chi connectivity index (χ4v) is 2.80. The van der Waals surface area contributed by atoms with Crippen LogP contribution < -0.4 is 10.1 Å². The zero-order valence-corrected chi connectivity index (χ0v) is 14.5. The van der Waals surface area contributed by atoms with E-state index in [4.69, 9.17) is 4.74 Å². The normalized spacial score (nSPS) is 15.7. The van der Waals surface area contributed by atoms with Gasteiger partial charge in [0, 0.05) is 10.1 Å². The fraction of sp³-hybridized carbons (Fsp3) is 0.562. The number of nitrogens with zero attached hydrogens (tertiary/aromatic N) is 1. The van der Waals surface area contributed by atoms with Crippen molar-refractivity contribution in [1.82, 2.24) is 10.2 Å². The number of carbonyl (C=O) groups is 1. The van der Waals surface area contributed by atoms with Crippen molar-refractivity contribution in [2.75, 3.05) is 32.8 Å². The molecule has 1 aliphatic heterocycles. The first kappa shape index (κ1) is 16.5. The van der Waals surface area contributed by atoms with E-state index in [0.29, 0.717) is 0 Å². The summed E-state index contributed by atoms with van der Waals surface area (Å²) in [6.45, 7) is 4.32. The molecule has 1 aromatic carbocycles. The van der Waals surface area contributed by atoms with Gasteiger partial charge in [0.25, 0.3) is 5.91 Å². The van der Waals surface area contributed by atoms with E-state index in [0.717, 1.165) is 28.8 Å². The first-order chi connectivity index (χ1) is 10.2. The summed E-state index contributed by atoms with van der Waals surface area (Å²) in [5, 5.41) is 2.91. The number of carbonyl (C=O) groups excluding carboxylic acids is 1. The first-order valence-corrected chi connectivity index (χ1v) is 8.69. The Bertz CT molecular complexity index is 430. The Morgan fingerprint density at radius 2 is 1.90 bits per heavy atom. The number of halogens is 1. The Balaban J connectivity index is 1.54. The van der Waals surface area contributed by atoms with Crippen LogP contribution in [0, 0.1) is 3.57 Å². The number of nitrogens with one attached hydrogen (secondary N) is 1. The topological polar surface area (TPSA) is 41.6 Å². The summed E-state index contributed by atoms with van der Waals surface area (Å²) in [5.41, 5.74) is 0. The van der Waals surface area contributed by atoms with Gasteiger partial charge in [-0.15, -0.1) is 0 Å². The monoisotopic (exact) mass is 402 g/mol. The second kappa shape index (κ2) is 9.25. The van der Waals surface area contributed by atoms with Crippen LogP contribution in [-0.4, -0.2) is 43.6 Å². The molecule has 0 unspecified atom stereocenters. The zero-order chi connectivity index (χ0) is 14.9. The molecule has 0 saturated carbocycles. The Morgan fingerprint density at radius 3 is 2.62 bits per heavy atom. The van der Waals surface area contributed by atoms with Gasteiger partial charge in [-0.05, 0) is 85.8 Å². The minimum Gasteiger partial charge on any atom is -0.484 e. The van der Waals surface area contributed by atoms with Gasteiger partial charge in [0.2, 0.25) is 0 Å². The number of hydrogen-bond donors (Lipinski definition) is 1. The molecule has 2 rings (SSSR count). The van der Waals surface area contributed by atoms with Crippen molar-refractivity contribution in [1.29, 1.82) is 0 Å². The summed E-state index contributed by atoms with van der Waals surface area (Å²) in [6, 6.07) is 7.69. The van der Waals surface area contributed by atoms with E-state index in [1.807, 2.05) is 24.3 Å². The Hall–Kier alpha value is -0.820. The van der Waals surface area contributed by atoms with Gasteiger partial charge in [0.1, 0.15) is 5.75 Å². The van der Waals surface area contributed by atoms with Crippen LogP contribution >= 0.6 is 22.6 Å². The van der Waals surface area contributed by atoms with Crippen molar-refractivity contribution >= 4 is 28.5 Å². The molecule has 1 aliphatic rings. The van der Waals surface area contributed by atoms with Gasteiger partial charge in [-0.1, -0.05) is 6.42 Å². The first-order valence-electron chi connectivity index (χ1n) is 7.61. The third-order valence-electron chi connectivity index (χ3n) is 3.61. The van der Waals surface area contributed by atoms with Crippen molar-refractivity contribution in [2.24, 2.45) is 0 Å². The highest BCUT2D eigenvalue weighted by Gasteiger charge is 2.09. The molecule has 1 fully saturated rings. The maximum atomic E-state index is 11.7. The number of piperidine rings is 1. The zero-order valence-electron chi connectivity index (χ0n) is 12.3. The van der Waals surface area contributed by atoms with Crippen molar-refractivity contribution in [3.05, 3.63) is 27.8 Å². The molecule has 1 N–H and O–H groups in total. The Morgan fingerprint density at radius 1 is 1.19 bits per heavy atom. The van der Waals surface area contributed by atoms with Gasteiger partial charge in [-0.25, -0.2) is 0 Å². The summed E-state index contributed by atoms with van der Waals surface area (Å²) >= 11 is 2.24. The lowest BCUT2D eigenvalue weighted by Crippen LogP contribution is -2.34. The summed E-state index contributed by atoms with van der Waals surface area (Å²) in [4.78, 5) is 14.2. The van der Waals surface area contributed by atoms with E-state index in [2.05, 4.69) is 32.8 Å². The maximum Gasteiger partial charge on any atom is 0.257 e. The fourth-order valence-electron chi connectivity index (χ4n) is 2.44. The molecule has 5 heteroatoms. The van der Waals surface area contributed by atoms with Crippen LogP contribution in [0.2, 0.25) is 0 Å². The van der Waals surface area contributed by atoms with Gasteiger partial charge in [-0.2, -0.15) is 0 Å². The van der Waals surface area contributed by atoms with E-state index in [9.17, 15) is 4.79 Å². The molecule has 1 amide bonds. The highest BCUT2D eigenvalue weighted by Crippen LogP contribution is 2.13. The molecule has 1 saturated heterocycles. The second-order valence-corrected chi connectivity index (χ2v) is 6.59. The number of rotatable bonds is 7. The summed E-state index contributed by atoms with van der Waals surface area (Å²) in [6.07, 6.45) is 5.00. The van der Waals surface area contributed by atoms with Gasteiger partial charge in [-0.3, -0.25) is 4.79 Å². The lowest BCUT2D eigenvalue weighted by Gasteiger charge is -2.26. The molecule has 4 nitrogen and oxygen atoms in total. The van der Waals surface area contributed by atoms with Crippen LogP contribution in [0.5, 0.6) is 5.75 Å². The second-order valence-electron chi connectivity index (χ2n) is 5.35. The Kier molecular flexibility index (Phi) is 7.29. The van der Waals surface area contributed by atoms with Crippen LogP contribution in [0.25, 0.3) is 0 Å². The largest absolute Gasteiger partial charge is 0.484 e. The van der Waals surface area contributed by atoms with E-state index < -0.39 is 0 Å². The van der Waals surface area contributed by atoms with Crippen LogP contribution in [0.1, 0.15) is 25.7 Å². The predicted octanol–water partition coefficient (Wildman–Crippen LogP) is 2.66. The van der Waals surface area contributed by atoms with Crippen LogP contribution in [0.15, 0.2) is 24.3 Å². The number of benzene rings is 1. The number of amides is 1. The molecule has 0 radical (unpaired) electrons. The van der Waals surface area contributed by atoms with Gasteiger partial charge in [0.15, 0.2) is 6.61 Å². The van der Waals surface area contributed by atoms with Crippen molar-refractivity contribution < 1.29 is 9.53 Å². The number of ether oxygens (including phenoxy) is 1. The quantitative estimate of drug-likeness (QED) is 0.563. The van der Waals surface area contributed by atoms with Crippen molar-refractivity contribution in [3.63, 3.8) is 0 Å². The van der Waals surface area contributed by atoms with E-state index >= 15 is 0 Å². The lowest BCUT2D eigenvalue weighted by atomic mass is 10.1. The minimum atomic E-state index is -0.0489. The highest BCUT2D eigenvalue weighted by atomic mass is 127. The maximum absolute atomic E-state index is 11.7. The van der Waals surface area contributed by atoms with Gasteiger partial charge < -0.3 is 15.0 Å². The average molecular weight is 402 g/mol. The summed E-state index contributed by atoms with van der Waals surface area (Å²) in [7, 11) is 0. The SMILES string of the molecule is O=C(COc1ccc(I)cc1)NCCCN1CCCCC1. The van der Waals surface area contributed by atoms with Crippen molar-refractivity contribution in [2.45, 2.75) is 25.7 Å². The van der Waals surface area contributed by atoms with Crippen LogP contribution in [0.3, 0.4) is 0 Å². The van der Waals surface area contributed by atoms with Crippen LogP contribution in [-0.2, 0) is 4.79 Å². The predicted molar refractivity (Wildman–Crippen MR) is 92.6 cm³/mol. The van der Waals surface area contributed by atoms with E-state index in [1.165, 1.54) is 32.4 Å². The molecular weight excluding hydrogens is 379 g/mol. The van der Waals surface area contributed by atoms with Gasteiger partial charge in [0.05, 0.1) is 0 Å². The summed E-state index contributed by atoms with van der Waals surface area (Å²) in [5.74, 6) is 0.686. The minimum absolute atomic E-state index is 0.0489. The molecule has 1 aromatic rings. The lowest BCUT2D eigenvalue weighted by molar-refractivity contribution is -0.123. The van der Waals surface area contributed by atoms with E-state index in [1.54, 1.807) is 0 Å². The molecule has 0 bridgehead atoms. The highest BCUT2D eigenvalue weighted by molar-refractivity contribution is 14.1. The third kappa shape index (κ3) is 6.65. The van der Waals surface area contributed by atoms with E-state index in [-0.39, 0.29) is 12.5 Å². The molecule has 0 spiro atoms. The van der Waals surface area contributed by atoms with Gasteiger partial charge >= 0.3 is 0 Å². The Labute approximate surface area is 140 Å². The standard InChI is InChI=1S/C16H23IN2O2/c17-14-5-7-15(8-6-14)21-13-16(20)18-9-4-12-19-10-2-1-3-11-19/h5-8H,1-4,9-13H2,(H,18,20). The number of hydrogen-bond acceptors (Lipinski definition) is 3. The summed E-state index contributed by atoms with van der Waals surface area (Å²) < 4.78 is 6.60. The molecule has 0 aliphatic carbocycles. The molecule has 0 aromatic heterocycles. The third-order valence-corrected chi connectivity index (χ3v) is 4.32. The molecule has 0 atom stereocenters. The molecular formula is C16H23IN2O2. The van der Waals surface area contributed by atoms with Crippen LogP contribution in [0.4, 0.5) is 0 Å². The average Bonchev–Trinajstić information content (AvgIpc) is 2.52. The molecule has 1 heterocycles. The molecule has 116 valence electrons. The number of likely N-dealkylation sites (tertiary alicyclic amines) is 1.